The number of nitrogens with two attached hydrogens (primary N) is 1. The Hall–Kier alpha value is -1.51. The highest BCUT2D eigenvalue weighted by molar-refractivity contribution is 5.68. The van der Waals surface area contributed by atoms with Crippen LogP contribution < -0.4 is 5.73 Å². The lowest BCUT2D eigenvalue weighted by molar-refractivity contribution is -0.144. The van der Waals surface area contributed by atoms with E-state index in [0.717, 1.165) is 5.56 Å². The van der Waals surface area contributed by atoms with Gasteiger partial charge in [-0.3, -0.25) is 4.79 Å². The van der Waals surface area contributed by atoms with Gasteiger partial charge < -0.3 is 10.5 Å². The lowest BCUT2D eigenvalue weighted by Crippen LogP contribution is -2.02. The lowest BCUT2D eigenvalue weighted by atomic mass is 10.2. The molecule has 0 heterocycles. The number of ether oxygens (including phenoxy) is 1. The molecule has 1 rings (SSSR count). The predicted molar refractivity (Wildman–Crippen MR) is 50.9 cm³/mol. The highest BCUT2D eigenvalue weighted by Gasteiger charge is 1.98. The zero-order valence-electron chi connectivity index (χ0n) is 7.62. The predicted octanol–water partition coefficient (Wildman–Crippen LogP) is 1.72. The van der Waals surface area contributed by atoms with Gasteiger partial charge in [0, 0.05) is 12.1 Å². The molecule has 0 unspecified atom stereocenters. The maximum atomic E-state index is 10.8. The molecule has 70 valence electrons. The minimum atomic E-state index is -0.183. The van der Waals surface area contributed by atoms with E-state index in [9.17, 15) is 4.79 Å². The molecule has 0 aliphatic carbocycles. The number of rotatable bonds is 3. The Labute approximate surface area is 77.5 Å². The largest absolute Gasteiger partial charge is 0.461 e. The molecule has 0 radical (unpaired) electrons. The maximum absolute atomic E-state index is 10.8. The molecular weight excluding hydrogens is 166 g/mol. The maximum Gasteiger partial charge on any atom is 0.305 e. The summed E-state index contributed by atoms with van der Waals surface area (Å²) in [6.07, 6.45) is 0.412. The van der Waals surface area contributed by atoms with E-state index in [1.807, 2.05) is 12.1 Å². The smallest absolute Gasteiger partial charge is 0.305 e. The second-order valence-electron chi connectivity index (χ2n) is 2.76. The van der Waals surface area contributed by atoms with E-state index in [0.29, 0.717) is 18.7 Å². The molecule has 0 aliphatic heterocycles. The van der Waals surface area contributed by atoms with Crippen molar-refractivity contribution in [3.8, 4) is 0 Å². The number of hydrogen-bond acceptors (Lipinski definition) is 3. The van der Waals surface area contributed by atoms with Gasteiger partial charge >= 0.3 is 5.97 Å². The van der Waals surface area contributed by atoms with Crippen LogP contribution in [0.2, 0.25) is 0 Å². The molecule has 2 N–H and O–H groups in total. The van der Waals surface area contributed by atoms with E-state index in [1.54, 1.807) is 19.1 Å². The molecule has 13 heavy (non-hydrogen) atoms. The quantitative estimate of drug-likeness (QED) is 0.567. The Morgan fingerprint density at radius 2 is 2.00 bits per heavy atom. The number of hydrogen-bond donors (Lipinski definition) is 1. The van der Waals surface area contributed by atoms with Crippen molar-refractivity contribution in [2.24, 2.45) is 0 Å². The van der Waals surface area contributed by atoms with E-state index in [-0.39, 0.29) is 5.97 Å². The van der Waals surface area contributed by atoms with Gasteiger partial charge in [0.2, 0.25) is 0 Å². The van der Waals surface area contributed by atoms with Crippen LogP contribution in [0, 0.1) is 0 Å². The summed E-state index contributed by atoms with van der Waals surface area (Å²) < 4.78 is 4.94. The summed E-state index contributed by atoms with van der Waals surface area (Å²) in [6, 6.07) is 7.26. The number of nitrogen functional groups attached to an aromatic ring is 1. The van der Waals surface area contributed by atoms with Gasteiger partial charge in [0.25, 0.3) is 0 Å². The van der Waals surface area contributed by atoms with Crippen molar-refractivity contribution < 1.29 is 9.53 Å². The zero-order chi connectivity index (χ0) is 9.68. The number of benzene rings is 1. The van der Waals surface area contributed by atoms with Crippen LogP contribution in [0.15, 0.2) is 24.3 Å². The summed E-state index contributed by atoms with van der Waals surface area (Å²) in [7, 11) is 0. The van der Waals surface area contributed by atoms with Crippen molar-refractivity contribution >= 4 is 11.7 Å². The summed E-state index contributed by atoms with van der Waals surface area (Å²) in [5.41, 5.74) is 7.17. The van der Waals surface area contributed by atoms with Crippen molar-refractivity contribution in [1.82, 2.24) is 0 Å². The molecular formula is C10H13NO2. The van der Waals surface area contributed by atoms with Crippen LogP contribution in [-0.4, -0.2) is 5.97 Å². The molecule has 3 nitrogen and oxygen atoms in total. The first-order valence-corrected chi connectivity index (χ1v) is 4.22. The van der Waals surface area contributed by atoms with Crippen LogP contribution in [-0.2, 0) is 16.1 Å². The van der Waals surface area contributed by atoms with Gasteiger partial charge in [0.05, 0.1) is 0 Å². The topological polar surface area (TPSA) is 52.3 Å². The van der Waals surface area contributed by atoms with Gasteiger partial charge in [0.1, 0.15) is 6.61 Å². The molecule has 0 saturated carbocycles. The first-order chi connectivity index (χ1) is 6.22. The minimum absolute atomic E-state index is 0.183. The second-order valence-corrected chi connectivity index (χ2v) is 2.76. The molecule has 0 spiro atoms. The highest BCUT2D eigenvalue weighted by Crippen LogP contribution is 2.06. The Balaban J connectivity index is 2.46. The van der Waals surface area contributed by atoms with E-state index < -0.39 is 0 Å². The molecule has 0 bridgehead atoms. The van der Waals surface area contributed by atoms with Gasteiger partial charge in [-0.15, -0.1) is 0 Å². The third kappa shape index (κ3) is 3.15. The summed E-state index contributed by atoms with van der Waals surface area (Å²) in [6.45, 7) is 2.10. The first-order valence-electron chi connectivity index (χ1n) is 4.22. The molecule has 0 amide bonds. The molecule has 0 atom stereocenters. The van der Waals surface area contributed by atoms with Crippen molar-refractivity contribution in [1.29, 1.82) is 0 Å². The van der Waals surface area contributed by atoms with Crippen molar-refractivity contribution in [2.75, 3.05) is 5.73 Å². The van der Waals surface area contributed by atoms with Gasteiger partial charge in [-0.2, -0.15) is 0 Å². The van der Waals surface area contributed by atoms with Gasteiger partial charge in [-0.05, 0) is 17.7 Å². The van der Waals surface area contributed by atoms with Gasteiger partial charge in [-0.1, -0.05) is 19.1 Å². The fraction of sp³-hybridized carbons (Fsp3) is 0.300. The van der Waals surface area contributed by atoms with E-state index in [2.05, 4.69) is 0 Å². The number of carbonyl (C=O) groups excluding carboxylic acids is 1. The Morgan fingerprint density at radius 3 is 2.54 bits per heavy atom. The number of anilines is 1. The van der Waals surface area contributed by atoms with Crippen molar-refractivity contribution in [3.63, 3.8) is 0 Å². The van der Waals surface area contributed by atoms with E-state index >= 15 is 0 Å². The lowest BCUT2D eigenvalue weighted by Gasteiger charge is -2.03. The Bertz CT molecular complexity index is 279. The van der Waals surface area contributed by atoms with Gasteiger partial charge in [0.15, 0.2) is 0 Å². The molecule has 1 aromatic carbocycles. The summed E-state index contributed by atoms with van der Waals surface area (Å²) in [5.74, 6) is -0.183. The van der Waals surface area contributed by atoms with Crippen LogP contribution in [0.5, 0.6) is 0 Å². The molecule has 0 saturated heterocycles. The SMILES string of the molecule is CCC(=O)OCc1ccc(N)cc1. The summed E-state index contributed by atoms with van der Waals surface area (Å²) >= 11 is 0. The fourth-order valence-electron chi connectivity index (χ4n) is 0.880. The molecule has 0 aromatic heterocycles. The fourth-order valence-corrected chi connectivity index (χ4v) is 0.880. The molecule has 0 fully saturated rings. The van der Waals surface area contributed by atoms with Crippen molar-refractivity contribution in [2.45, 2.75) is 20.0 Å². The van der Waals surface area contributed by atoms with Crippen LogP contribution in [0.25, 0.3) is 0 Å². The van der Waals surface area contributed by atoms with E-state index in [1.165, 1.54) is 0 Å². The van der Waals surface area contributed by atoms with Crippen LogP contribution in [0.4, 0.5) is 5.69 Å². The highest BCUT2D eigenvalue weighted by atomic mass is 16.5. The minimum Gasteiger partial charge on any atom is -0.461 e. The number of esters is 1. The van der Waals surface area contributed by atoms with E-state index in [4.69, 9.17) is 10.5 Å². The summed E-state index contributed by atoms with van der Waals surface area (Å²) in [5, 5.41) is 0. The average Bonchev–Trinajstić information content (AvgIpc) is 2.16. The third-order valence-corrected chi connectivity index (χ3v) is 1.67. The van der Waals surface area contributed by atoms with Crippen LogP contribution in [0.3, 0.4) is 0 Å². The van der Waals surface area contributed by atoms with Crippen LogP contribution >= 0.6 is 0 Å². The average molecular weight is 179 g/mol. The zero-order valence-corrected chi connectivity index (χ0v) is 7.62. The Kier molecular flexibility index (Phi) is 3.31. The summed E-state index contributed by atoms with van der Waals surface area (Å²) in [4.78, 5) is 10.8. The van der Waals surface area contributed by atoms with Gasteiger partial charge in [-0.25, -0.2) is 0 Å². The molecule has 1 aromatic rings. The first kappa shape index (κ1) is 9.58. The standard InChI is InChI=1S/C10H13NO2/c1-2-10(12)13-7-8-3-5-9(11)6-4-8/h3-6H,2,7,11H2,1H3. The second kappa shape index (κ2) is 4.50. The van der Waals surface area contributed by atoms with Crippen LogP contribution in [0.1, 0.15) is 18.9 Å². The third-order valence-electron chi connectivity index (χ3n) is 1.67. The molecule has 3 heteroatoms. The Morgan fingerprint density at radius 1 is 1.38 bits per heavy atom. The van der Waals surface area contributed by atoms with Crippen molar-refractivity contribution in [3.05, 3.63) is 29.8 Å². The molecule has 0 aliphatic rings. The monoisotopic (exact) mass is 179 g/mol. The normalized spacial score (nSPS) is 9.62. The number of carbonyl (C=O) groups is 1.